The van der Waals surface area contributed by atoms with Crippen molar-refractivity contribution in [2.24, 2.45) is 0 Å². The lowest BCUT2D eigenvalue weighted by Gasteiger charge is -2.15. The number of hydrogen-bond donors (Lipinski definition) is 2. The molecule has 5 aromatic rings. The molecule has 17 heteroatoms. The smallest absolute Gasteiger partial charge is 0.382 e. The van der Waals surface area contributed by atoms with Crippen LogP contribution < -0.4 is 11.0 Å². The summed E-state index contributed by atoms with van der Waals surface area (Å²) < 4.78 is 43.8. The summed E-state index contributed by atoms with van der Waals surface area (Å²) in [5, 5.41) is 25.5. The van der Waals surface area contributed by atoms with Crippen LogP contribution in [0, 0.1) is 6.92 Å². The summed E-state index contributed by atoms with van der Waals surface area (Å²) in [5.41, 5.74) is 0.526. The first kappa shape index (κ1) is 28.7. The van der Waals surface area contributed by atoms with Crippen LogP contribution in [0.15, 0.2) is 66.0 Å². The second-order valence-corrected chi connectivity index (χ2v) is 9.55. The lowest BCUT2D eigenvalue weighted by molar-refractivity contribution is -0.207. The van der Waals surface area contributed by atoms with Crippen LogP contribution in [0.25, 0.3) is 17.1 Å². The molecule has 1 aromatic carbocycles. The number of nitrogens with one attached hydrogen (secondary N) is 1. The summed E-state index contributed by atoms with van der Waals surface area (Å²) >= 11 is 5.92. The number of anilines is 1. The second-order valence-electron chi connectivity index (χ2n) is 9.12. The van der Waals surface area contributed by atoms with Crippen LogP contribution in [0.3, 0.4) is 0 Å². The number of alkyl halides is 3. The first-order valence-corrected chi connectivity index (χ1v) is 12.7. The average Bonchev–Trinajstić information content (AvgIpc) is 3.65. The Morgan fingerprint density at radius 2 is 1.86 bits per heavy atom. The van der Waals surface area contributed by atoms with Gasteiger partial charge in [0.15, 0.2) is 23.6 Å². The standard InChI is InChI=1S/C25H22ClF3N10O3/c1-15-8-10-36(33-15)13-21(41)32-22-18(3-2-9-30-22)39-14-31-20(34-39)12-38-24(42)37(11-19(40)25(27,28)29)23(35-38)16-4-6-17(26)7-5-16/h2-10,14,19,40H,11-13H2,1H3,(H,30,32,41)/t19-/m0/s1. The van der Waals surface area contributed by atoms with E-state index < -0.39 is 24.5 Å². The van der Waals surface area contributed by atoms with Crippen molar-refractivity contribution in [2.45, 2.75) is 38.8 Å². The summed E-state index contributed by atoms with van der Waals surface area (Å²) in [6.07, 6.45) is -3.27. The van der Waals surface area contributed by atoms with E-state index in [1.165, 1.54) is 46.2 Å². The highest BCUT2D eigenvalue weighted by molar-refractivity contribution is 6.30. The van der Waals surface area contributed by atoms with Crippen molar-refractivity contribution < 1.29 is 23.1 Å². The third-order valence-corrected chi connectivity index (χ3v) is 6.21. The summed E-state index contributed by atoms with van der Waals surface area (Å²) in [6.45, 7) is 0.384. The molecule has 218 valence electrons. The Balaban J connectivity index is 1.40. The van der Waals surface area contributed by atoms with E-state index in [9.17, 15) is 27.9 Å². The number of aliphatic hydroxyl groups is 1. The van der Waals surface area contributed by atoms with E-state index >= 15 is 0 Å². The number of carbonyl (C=O) groups excluding carboxylic acids is 1. The van der Waals surface area contributed by atoms with E-state index in [0.717, 1.165) is 14.9 Å². The largest absolute Gasteiger partial charge is 0.416 e. The molecule has 0 aliphatic heterocycles. The van der Waals surface area contributed by atoms with Crippen LogP contribution in [-0.4, -0.2) is 67.2 Å². The Labute approximate surface area is 239 Å². The summed E-state index contributed by atoms with van der Waals surface area (Å²) in [6, 6.07) is 11.0. The van der Waals surface area contributed by atoms with Gasteiger partial charge >= 0.3 is 11.9 Å². The molecule has 0 aliphatic carbocycles. The molecule has 0 fully saturated rings. The van der Waals surface area contributed by atoms with Gasteiger partial charge in [-0.05, 0) is 49.4 Å². The van der Waals surface area contributed by atoms with Crippen LogP contribution in [-0.2, 0) is 24.4 Å². The molecule has 4 heterocycles. The molecule has 0 saturated carbocycles. The molecule has 4 aromatic heterocycles. The molecule has 42 heavy (non-hydrogen) atoms. The maximum atomic E-state index is 13.1. The number of amides is 1. The number of rotatable bonds is 9. The van der Waals surface area contributed by atoms with Gasteiger partial charge in [0.05, 0.1) is 12.2 Å². The Morgan fingerprint density at radius 3 is 2.55 bits per heavy atom. The minimum absolute atomic E-state index is 0.0446. The fourth-order valence-electron chi connectivity index (χ4n) is 3.97. The van der Waals surface area contributed by atoms with Crippen molar-refractivity contribution in [3.63, 3.8) is 0 Å². The lowest BCUT2D eigenvalue weighted by Crippen LogP contribution is -2.37. The van der Waals surface area contributed by atoms with E-state index in [1.807, 2.05) is 0 Å². The third-order valence-electron chi connectivity index (χ3n) is 5.96. The zero-order chi connectivity index (χ0) is 30.0. The van der Waals surface area contributed by atoms with Crippen LogP contribution in [0.2, 0.25) is 5.02 Å². The van der Waals surface area contributed by atoms with Crippen molar-refractivity contribution in [3.8, 4) is 17.1 Å². The van der Waals surface area contributed by atoms with Crippen molar-refractivity contribution in [1.29, 1.82) is 0 Å². The molecule has 13 nitrogen and oxygen atoms in total. The molecule has 2 N–H and O–H groups in total. The predicted octanol–water partition coefficient (Wildman–Crippen LogP) is 2.46. The second kappa shape index (κ2) is 11.6. The van der Waals surface area contributed by atoms with Gasteiger partial charge < -0.3 is 10.4 Å². The van der Waals surface area contributed by atoms with Crippen molar-refractivity contribution in [2.75, 3.05) is 5.32 Å². The van der Waals surface area contributed by atoms with Crippen LogP contribution in [0.4, 0.5) is 19.0 Å². The first-order chi connectivity index (χ1) is 20.0. The maximum Gasteiger partial charge on any atom is 0.416 e. The Kier molecular flexibility index (Phi) is 7.91. The highest BCUT2D eigenvalue weighted by Crippen LogP contribution is 2.24. The summed E-state index contributed by atoms with van der Waals surface area (Å²) in [7, 11) is 0. The normalized spacial score (nSPS) is 12.4. The molecule has 0 spiro atoms. The maximum absolute atomic E-state index is 13.1. The highest BCUT2D eigenvalue weighted by Gasteiger charge is 2.39. The fraction of sp³-hybridized carbons (Fsp3) is 0.240. The number of nitrogens with zero attached hydrogens (tertiary/aromatic N) is 9. The van der Waals surface area contributed by atoms with Gasteiger partial charge in [0.1, 0.15) is 25.1 Å². The van der Waals surface area contributed by atoms with Gasteiger partial charge in [-0.15, -0.1) is 10.2 Å². The van der Waals surface area contributed by atoms with E-state index in [4.69, 9.17) is 11.6 Å². The molecule has 0 bridgehead atoms. The molecular weight excluding hydrogens is 581 g/mol. The van der Waals surface area contributed by atoms with E-state index in [1.54, 1.807) is 31.3 Å². The summed E-state index contributed by atoms with van der Waals surface area (Å²) in [4.78, 5) is 34.1. The Hall–Kier alpha value is -4.83. The SMILES string of the molecule is Cc1ccn(CC(=O)Nc2ncccc2-n2cnc(Cn3nc(-c4ccc(Cl)cc4)n(C[C@H](O)C(F)(F)F)c3=O)n2)n1. The van der Waals surface area contributed by atoms with Gasteiger partial charge in [-0.25, -0.2) is 24.1 Å². The van der Waals surface area contributed by atoms with Crippen molar-refractivity contribution >= 4 is 23.3 Å². The minimum Gasteiger partial charge on any atom is -0.382 e. The number of hydrogen-bond acceptors (Lipinski definition) is 8. The summed E-state index contributed by atoms with van der Waals surface area (Å²) in [5.74, 6) is -0.209. The van der Waals surface area contributed by atoms with E-state index in [-0.39, 0.29) is 36.5 Å². The van der Waals surface area contributed by atoms with Gasteiger partial charge in [-0.2, -0.15) is 18.3 Å². The van der Waals surface area contributed by atoms with E-state index in [0.29, 0.717) is 16.3 Å². The molecule has 5 rings (SSSR count). The molecule has 0 unspecified atom stereocenters. The van der Waals surface area contributed by atoms with Gasteiger partial charge in [-0.1, -0.05) is 11.6 Å². The number of carbonyl (C=O) groups is 1. The molecule has 0 radical (unpaired) electrons. The predicted molar refractivity (Wildman–Crippen MR) is 143 cm³/mol. The molecule has 0 saturated heterocycles. The molecule has 0 aliphatic rings. The molecule has 1 atom stereocenters. The number of halogens is 4. The topological polar surface area (TPSA) is 151 Å². The Morgan fingerprint density at radius 1 is 1.10 bits per heavy atom. The van der Waals surface area contributed by atoms with Crippen LogP contribution >= 0.6 is 11.6 Å². The quantitative estimate of drug-likeness (QED) is 0.261. The van der Waals surface area contributed by atoms with Crippen molar-refractivity contribution in [1.82, 2.24) is 43.9 Å². The fourth-order valence-corrected chi connectivity index (χ4v) is 4.09. The van der Waals surface area contributed by atoms with Crippen molar-refractivity contribution in [3.05, 3.63) is 88.2 Å². The van der Waals surface area contributed by atoms with E-state index in [2.05, 4.69) is 30.6 Å². The van der Waals surface area contributed by atoms with Crippen LogP contribution in [0.1, 0.15) is 11.5 Å². The third kappa shape index (κ3) is 6.39. The Bertz CT molecular complexity index is 1780. The number of aliphatic hydroxyl groups excluding tert-OH is 1. The number of aryl methyl sites for hydroxylation is 1. The van der Waals surface area contributed by atoms with Gasteiger partial charge in [0, 0.05) is 23.0 Å². The highest BCUT2D eigenvalue weighted by atomic mass is 35.5. The number of aromatic nitrogens is 9. The number of benzene rings is 1. The first-order valence-electron chi connectivity index (χ1n) is 12.3. The molecule has 1 amide bonds. The number of pyridine rings is 1. The van der Waals surface area contributed by atoms with Gasteiger partial charge in [-0.3, -0.25) is 14.0 Å². The lowest BCUT2D eigenvalue weighted by atomic mass is 10.2. The van der Waals surface area contributed by atoms with Crippen LogP contribution in [0.5, 0.6) is 0 Å². The molecular formula is C25H22ClF3N10O3. The van der Waals surface area contributed by atoms with Gasteiger partial charge in [0.2, 0.25) is 5.91 Å². The average molecular weight is 603 g/mol. The minimum atomic E-state index is -4.95. The zero-order valence-electron chi connectivity index (χ0n) is 21.8. The monoisotopic (exact) mass is 602 g/mol. The zero-order valence-corrected chi connectivity index (χ0v) is 22.5. The van der Waals surface area contributed by atoms with Gasteiger partial charge in [0.25, 0.3) is 0 Å².